The van der Waals surface area contributed by atoms with Crippen LogP contribution in [-0.2, 0) is 25.5 Å². The van der Waals surface area contributed by atoms with Gasteiger partial charge in [0.05, 0.1) is 0 Å². The van der Waals surface area contributed by atoms with E-state index < -0.39 is 17.8 Å². The monoisotopic (exact) mass is 307 g/mol. The fourth-order valence-electron chi connectivity index (χ4n) is 3.75. The van der Waals surface area contributed by atoms with Crippen molar-refractivity contribution in [1.29, 1.82) is 0 Å². The van der Waals surface area contributed by atoms with E-state index in [1.807, 2.05) is 11.8 Å². The third-order valence-corrected chi connectivity index (χ3v) is 4.72. The van der Waals surface area contributed by atoms with Crippen molar-refractivity contribution >= 4 is 11.9 Å². The van der Waals surface area contributed by atoms with Crippen LogP contribution in [0.4, 0.5) is 0 Å². The van der Waals surface area contributed by atoms with Gasteiger partial charge in [-0.2, -0.15) is 4.98 Å². The van der Waals surface area contributed by atoms with Crippen molar-refractivity contribution in [3.8, 4) is 0 Å². The molecule has 1 spiro atoms. The molecule has 4 saturated heterocycles. The number of carbonyl (C=O) groups is 2. The summed E-state index contributed by atoms with van der Waals surface area (Å²) in [5.41, 5.74) is 0. The number of aryl methyl sites for hydroxylation is 1. The molecule has 0 N–H and O–H groups in total. The summed E-state index contributed by atoms with van der Waals surface area (Å²) in [7, 11) is 0. The van der Waals surface area contributed by atoms with Gasteiger partial charge in [0.25, 0.3) is 0 Å². The SMILES string of the molecule is CCCc1nc(C2C3CCN(CC3)C23OC(=O)C(=O)O3)no1. The molecule has 1 aromatic heterocycles. The number of fused-ring (bicyclic) bond motifs is 2. The lowest BCUT2D eigenvalue weighted by Crippen LogP contribution is -2.64. The van der Waals surface area contributed by atoms with E-state index >= 15 is 0 Å². The number of hydrogen-bond donors (Lipinski definition) is 0. The molecule has 1 atom stereocenters. The predicted octanol–water partition coefficient (Wildman–Crippen LogP) is 0.585. The van der Waals surface area contributed by atoms with Crippen LogP contribution in [0.3, 0.4) is 0 Å². The largest absolute Gasteiger partial charge is 0.421 e. The van der Waals surface area contributed by atoms with Crippen molar-refractivity contribution < 1.29 is 23.6 Å². The number of esters is 2. The van der Waals surface area contributed by atoms with Crippen LogP contribution >= 0.6 is 0 Å². The Labute approximate surface area is 126 Å². The highest BCUT2D eigenvalue weighted by Gasteiger charge is 2.66. The second-order valence-electron chi connectivity index (χ2n) is 6.01. The fourth-order valence-corrected chi connectivity index (χ4v) is 3.75. The maximum Gasteiger partial charge on any atom is 0.421 e. The summed E-state index contributed by atoms with van der Waals surface area (Å²) >= 11 is 0. The molecule has 4 aliphatic heterocycles. The van der Waals surface area contributed by atoms with Crippen molar-refractivity contribution in [3.05, 3.63) is 11.7 Å². The van der Waals surface area contributed by atoms with E-state index in [4.69, 9.17) is 14.0 Å². The molecular formula is C14H17N3O5. The summed E-state index contributed by atoms with van der Waals surface area (Å²) in [6.45, 7) is 3.48. The molecule has 5 rings (SSSR count). The van der Waals surface area contributed by atoms with Gasteiger partial charge in [0.2, 0.25) is 5.89 Å². The van der Waals surface area contributed by atoms with Gasteiger partial charge in [0.1, 0.15) is 5.92 Å². The molecule has 0 aromatic carbocycles. The molecule has 0 amide bonds. The Morgan fingerprint density at radius 2 is 1.91 bits per heavy atom. The zero-order valence-corrected chi connectivity index (χ0v) is 12.3. The molecule has 1 aromatic rings. The third kappa shape index (κ3) is 1.79. The first kappa shape index (κ1) is 13.7. The Morgan fingerprint density at radius 3 is 2.55 bits per heavy atom. The zero-order chi connectivity index (χ0) is 15.3. The lowest BCUT2D eigenvalue weighted by molar-refractivity contribution is -0.300. The first-order valence-electron chi connectivity index (χ1n) is 7.68. The first-order valence-corrected chi connectivity index (χ1v) is 7.68. The predicted molar refractivity (Wildman–Crippen MR) is 70.2 cm³/mol. The maximum atomic E-state index is 11.6. The van der Waals surface area contributed by atoms with Crippen LogP contribution in [0.5, 0.6) is 0 Å². The molecule has 4 aliphatic rings. The van der Waals surface area contributed by atoms with E-state index in [0.717, 1.165) is 32.4 Å². The Balaban J connectivity index is 1.74. The van der Waals surface area contributed by atoms with Crippen molar-refractivity contribution in [2.24, 2.45) is 5.92 Å². The van der Waals surface area contributed by atoms with Gasteiger partial charge in [-0.1, -0.05) is 12.1 Å². The normalized spacial score (nSPS) is 32.3. The van der Waals surface area contributed by atoms with Crippen LogP contribution in [0.25, 0.3) is 0 Å². The highest BCUT2D eigenvalue weighted by atomic mass is 16.8. The zero-order valence-electron chi connectivity index (χ0n) is 12.3. The van der Waals surface area contributed by atoms with Crippen LogP contribution in [0.15, 0.2) is 4.52 Å². The lowest BCUT2D eigenvalue weighted by atomic mass is 9.75. The topological polar surface area (TPSA) is 94.8 Å². The fraction of sp³-hybridized carbons (Fsp3) is 0.714. The van der Waals surface area contributed by atoms with Crippen LogP contribution in [0, 0.1) is 5.92 Å². The van der Waals surface area contributed by atoms with Gasteiger partial charge in [0, 0.05) is 19.5 Å². The van der Waals surface area contributed by atoms with E-state index in [1.165, 1.54) is 0 Å². The number of nitrogens with zero attached hydrogens (tertiary/aromatic N) is 3. The van der Waals surface area contributed by atoms with E-state index in [-0.39, 0.29) is 11.8 Å². The average Bonchev–Trinajstić information content (AvgIpc) is 3.07. The second kappa shape index (κ2) is 4.77. The maximum absolute atomic E-state index is 11.6. The Bertz CT molecular complexity index is 604. The van der Waals surface area contributed by atoms with Crippen LogP contribution in [0.1, 0.15) is 43.8 Å². The Morgan fingerprint density at radius 1 is 1.23 bits per heavy atom. The summed E-state index contributed by atoms with van der Waals surface area (Å²) < 4.78 is 16.0. The summed E-state index contributed by atoms with van der Waals surface area (Å²) in [6, 6.07) is 0. The van der Waals surface area contributed by atoms with Crippen molar-refractivity contribution in [1.82, 2.24) is 15.0 Å². The summed E-state index contributed by atoms with van der Waals surface area (Å²) in [4.78, 5) is 29.6. The number of ether oxygens (including phenoxy) is 2. The molecule has 8 heteroatoms. The van der Waals surface area contributed by atoms with Gasteiger partial charge in [-0.15, -0.1) is 0 Å². The third-order valence-electron chi connectivity index (χ3n) is 4.72. The number of aromatic nitrogens is 2. The van der Waals surface area contributed by atoms with Crippen molar-refractivity contribution in [2.75, 3.05) is 13.1 Å². The summed E-state index contributed by atoms with van der Waals surface area (Å²) in [6.07, 6.45) is 3.45. The Kier molecular flexibility index (Phi) is 2.97. The Hall–Kier alpha value is -1.96. The van der Waals surface area contributed by atoms with Crippen molar-refractivity contribution in [3.63, 3.8) is 0 Å². The van der Waals surface area contributed by atoms with Gasteiger partial charge < -0.3 is 14.0 Å². The highest BCUT2D eigenvalue weighted by Crippen LogP contribution is 2.51. The number of piperidine rings is 3. The minimum absolute atomic E-state index is 0.204. The quantitative estimate of drug-likeness (QED) is 0.591. The minimum Gasteiger partial charge on any atom is -0.399 e. The number of hydrogen-bond acceptors (Lipinski definition) is 8. The first-order chi connectivity index (χ1) is 10.6. The summed E-state index contributed by atoms with van der Waals surface area (Å²) in [5, 5.41) is 4.05. The van der Waals surface area contributed by atoms with E-state index in [9.17, 15) is 9.59 Å². The summed E-state index contributed by atoms with van der Waals surface area (Å²) in [5.74, 6) is -2.46. The second-order valence-corrected chi connectivity index (χ2v) is 6.01. The molecule has 8 nitrogen and oxygen atoms in total. The van der Waals surface area contributed by atoms with Crippen LogP contribution in [-0.4, -0.2) is 46.0 Å². The lowest BCUT2D eigenvalue weighted by Gasteiger charge is -2.52. The van der Waals surface area contributed by atoms with E-state index in [1.54, 1.807) is 0 Å². The molecule has 4 fully saturated rings. The molecule has 1 unspecified atom stereocenters. The number of carbonyl (C=O) groups excluding carboxylic acids is 2. The minimum atomic E-state index is -1.39. The molecular weight excluding hydrogens is 290 g/mol. The molecule has 0 saturated carbocycles. The van der Waals surface area contributed by atoms with E-state index in [2.05, 4.69) is 10.1 Å². The molecule has 2 bridgehead atoms. The molecule has 0 radical (unpaired) electrons. The smallest absolute Gasteiger partial charge is 0.399 e. The van der Waals surface area contributed by atoms with Gasteiger partial charge in [0.15, 0.2) is 5.82 Å². The van der Waals surface area contributed by atoms with Gasteiger partial charge >= 0.3 is 17.8 Å². The van der Waals surface area contributed by atoms with Crippen LogP contribution in [0.2, 0.25) is 0 Å². The van der Waals surface area contributed by atoms with Gasteiger partial charge in [-0.05, 0) is 25.2 Å². The van der Waals surface area contributed by atoms with Gasteiger partial charge in [-0.25, -0.2) is 14.5 Å². The van der Waals surface area contributed by atoms with Crippen LogP contribution < -0.4 is 0 Å². The molecule has 0 aliphatic carbocycles. The molecule has 5 heterocycles. The van der Waals surface area contributed by atoms with E-state index in [0.29, 0.717) is 18.1 Å². The highest BCUT2D eigenvalue weighted by molar-refractivity contribution is 6.31. The average molecular weight is 307 g/mol. The molecule has 118 valence electrons. The number of rotatable bonds is 3. The van der Waals surface area contributed by atoms with Crippen molar-refractivity contribution in [2.45, 2.75) is 44.4 Å². The molecule has 22 heavy (non-hydrogen) atoms. The van der Waals surface area contributed by atoms with Gasteiger partial charge in [-0.3, -0.25) is 0 Å². The standard InChI is InChI=1S/C14H17N3O5/c1-2-3-9-15-11(16-22-9)10-8-4-6-17(7-5-8)14(10)20-12(18)13(19)21-14/h8,10H,2-7H2,1H3.